The molecule has 76 heavy (non-hydrogen) atoms. The predicted octanol–water partition coefficient (Wildman–Crippen LogP) is 17.9. The number of allylic oxidation sites excluding steroid dienone is 1. The smallest absolute Gasteiger partial charge is 0.227 e. The van der Waals surface area contributed by atoms with Crippen molar-refractivity contribution in [2.75, 3.05) is 14.7 Å². The molecule has 4 heteroatoms. The molecule has 2 atom stereocenters. The van der Waals surface area contributed by atoms with Crippen LogP contribution in [0.3, 0.4) is 0 Å². The molecule has 0 N–H and O–H groups in total. The van der Waals surface area contributed by atoms with E-state index in [1.807, 2.05) is 0 Å². The fourth-order valence-corrected chi connectivity index (χ4v) is 12.2. The predicted molar refractivity (Wildman–Crippen MR) is 326 cm³/mol. The highest BCUT2D eigenvalue weighted by atomic mass is 15.2. The monoisotopic (exact) mass is 986 g/mol. The summed E-state index contributed by atoms with van der Waals surface area (Å²) in [5, 5.41) is 0. The minimum absolute atomic E-state index is 0.0102. The van der Waals surface area contributed by atoms with Gasteiger partial charge in [0.2, 0.25) is 6.71 Å². The first-order valence-corrected chi connectivity index (χ1v) is 27.3. The molecule has 374 valence electrons. The largest absolute Gasteiger partial charge is 0.335 e. The maximum atomic E-state index is 2.73. The van der Waals surface area contributed by atoms with Crippen LogP contribution in [0.1, 0.15) is 79.0 Å². The molecule has 12 rings (SSSR count). The third-order valence-electron chi connectivity index (χ3n) is 16.1. The number of para-hydroxylation sites is 2. The van der Waals surface area contributed by atoms with Crippen molar-refractivity contribution in [3.05, 3.63) is 265 Å². The average Bonchev–Trinajstić information content (AvgIpc) is 3.63. The van der Waals surface area contributed by atoms with Crippen molar-refractivity contribution >= 4 is 51.8 Å². The van der Waals surface area contributed by atoms with Gasteiger partial charge in [0.15, 0.2) is 0 Å². The number of rotatable bonds is 8. The lowest BCUT2D eigenvalue weighted by Gasteiger charge is -2.55. The van der Waals surface area contributed by atoms with Crippen LogP contribution in [0.2, 0.25) is 5.82 Å². The van der Waals surface area contributed by atoms with E-state index in [1.165, 1.54) is 78.1 Å². The Morgan fingerprint density at radius 3 is 1.28 bits per heavy atom. The molecule has 2 heterocycles. The molecule has 0 bridgehead atoms. The van der Waals surface area contributed by atoms with E-state index in [1.54, 1.807) is 0 Å². The Hall–Kier alpha value is -8.08. The minimum Gasteiger partial charge on any atom is -0.335 e. The number of nitrogens with zero attached hydrogens (tertiary/aromatic N) is 3. The Morgan fingerprint density at radius 2 is 0.803 bits per heavy atom. The highest BCUT2D eigenvalue weighted by Gasteiger charge is 2.55. The van der Waals surface area contributed by atoms with Crippen molar-refractivity contribution in [2.45, 2.75) is 90.4 Å². The molecule has 2 unspecified atom stereocenters. The van der Waals surface area contributed by atoms with Gasteiger partial charge in [-0.05, 0) is 150 Å². The first-order valence-electron chi connectivity index (χ1n) is 27.3. The van der Waals surface area contributed by atoms with Crippen LogP contribution in [0.15, 0.2) is 248 Å². The zero-order valence-electron chi connectivity index (χ0n) is 45.6. The van der Waals surface area contributed by atoms with Gasteiger partial charge in [0, 0.05) is 51.3 Å². The second-order valence-electron chi connectivity index (χ2n) is 24.2. The normalized spacial score (nSPS) is 16.0. The second-order valence-corrected chi connectivity index (χ2v) is 24.2. The summed E-state index contributed by atoms with van der Waals surface area (Å²) in [6, 6.07) is 84.1. The van der Waals surface area contributed by atoms with Gasteiger partial charge >= 0.3 is 0 Å². The van der Waals surface area contributed by atoms with E-state index in [-0.39, 0.29) is 34.8 Å². The van der Waals surface area contributed by atoms with Crippen molar-refractivity contribution < 1.29 is 0 Å². The average molecular weight is 986 g/mol. The third kappa shape index (κ3) is 8.78. The van der Waals surface area contributed by atoms with Crippen LogP contribution in [0, 0.1) is 0 Å². The maximum Gasteiger partial charge on any atom is 0.227 e. The molecule has 0 radical (unpaired) electrons. The molecule has 0 amide bonds. The Bertz CT molecular complexity index is 3580. The highest BCUT2D eigenvalue weighted by molar-refractivity contribution is 6.92. The number of hydrogen-bond donors (Lipinski definition) is 0. The van der Waals surface area contributed by atoms with E-state index in [4.69, 9.17) is 0 Å². The molecule has 2 aliphatic heterocycles. The van der Waals surface area contributed by atoms with Gasteiger partial charge in [0.1, 0.15) is 0 Å². The van der Waals surface area contributed by atoms with Crippen LogP contribution < -0.4 is 25.6 Å². The Labute approximate surface area is 452 Å². The maximum absolute atomic E-state index is 2.73. The number of fused-ring (bicyclic) bond motifs is 4. The van der Waals surface area contributed by atoms with Crippen LogP contribution in [-0.4, -0.2) is 12.8 Å². The Morgan fingerprint density at radius 1 is 0.395 bits per heavy atom. The molecule has 1 aliphatic carbocycles. The van der Waals surface area contributed by atoms with E-state index in [9.17, 15) is 0 Å². The van der Waals surface area contributed by atoms with Crippen molar-refractivity contribution in [1.82, 2.24) is 0 Å². The molecule has 9 aromatic carbocycles. The SMILES string of the molecule is CC(C)(C)c1ccc(N2C3=CC(N(c4ccccc4)c4ccccc4)=CC4C3B(c3c(-c5ccccc5)cc(C(C)(C)C)cc32)c2c(-c3ccccc3)cc(C(C)(C)C)cc2N4c2ccc(-c3ccccc3)cc2)cc1. The first kappa shape index (κ1) is 48.8. The van der Waals surface area contributed by atoms with Crippen molar-refractivity contribution in [1.29, 1.82) is 0 Å². The fourth-order valence-electron chi connectivity index (χ4n) is 12.2. The zero-order valence-corrected chi connectivity index (χ0v) is 45.6. The highest BCUT2D eigenvalue weighted by Crippen LogP contribution is 2.55. The zero-order chi connectivity index (χ0) is 52.5. The molecular weight excluding hydrogens is 918 g/mol. The van der Waals surface area contributed by atoms with E-state index < -0.39 is 0 Å². The van der Waals surface area contributed by atoms with Crippen LogP contribution >= 0.6 is 0 Å². The van der Waals surface area contributed by atoms with E-state index in [0.717, 1.165) is 28.4 Å². The lowest BCUT2D eigenvalue weighted by Crippen LogP contribution is -2.64. The molecule has 3 aliphatic rings. The van der Waals surface area contributed by atoms with E-state index in [2.05, 4.69) is 314 Å². The molecular formula is C72H68BN3. The molecule has 0 saturated carbocycles. The summed E-state index contributed by atoms with van der Waals surface area (Å²) >= 11 is 0. The van der Waals surface area contributed by atoms with Crippen molar-refractivity contribution in [3.8, 4) is 33.4 Å². The van der Waals surface area contributed by atoms with E-state index >= 15 is 0 Å². The standard InChI is InChI=1S/C72H68BN3/c1-70(2,3)53-37-41-59(42-38-53)76-64-46-55(72(7,8)9)44-62(52-29-19-12-20-30-52)68(64)73-67-61(51-27-17-11-18-28-51)43-54(71(4,5)6)45-63(67)75(58-39-35-50(36-40-58)49-25-15-10-16-26-49)65-47-60(48-66(76)69(65)73)74(56-31-21-13-22-32-56)57-33-23-14-24-34-57/h10-48,65,69H,1-9H3. The third-order valence-corrected chi connectivity index (χ3v) is 16.1. The summed E-state index contributed by atoms with van der Waals surface area (Å²) in [4.78, 5) is 7.88. The van der Waals surface area contributed by atoms with Gasteiger partial charge in [0.05, 0.1) is 6.04 Å². The first-order chi connectivity index (χ1) is 36.6. The number of benzene rings is 9. The van der Waals surface area contributed by atoms with Crippen LogP contribution in [-0.2, 0) is 16.2 Å². The lowest BCUT2D eigenvalue weighted by atomic mass is 9.27. The van der Waals surface area contributed by atoms with Crippen molar-refractivity contribution in [2.24, 2.45) is 0 Å². The van der Waals surface area contributed by atoms with Crippen LogP contribution in [0.5, 0.6) is 0 Å². The van der Waals surface area contributed by atoms with Crippen LogP contribution in [0.25, 0.3) is 33.4 Å². The van der Waals surface area contributed by atoms with Gasteiger partial charge < -0.3 is 14.7 Å². The van der Waals surface area contributed by atoms with Gasteiger partial charge in [-0.15, -0.1) is 0 Å². The Balaban J connectivity index is 1.26. The lowest BCUT2D eigenvalue weighted by molar-refractivity contribution is 0.589. The topological polar surface area (TPSA) is 9.72 Å². The fraction of sp³-hybridized carbons (Fsp3) is 0.194. The summed E-state index contributed by atoms with van der Waals surface area (Å²) < 4.78 is 0. The summed E-state index contributed by atoms with van der Waals surface area (Å²) in [6.07, 6.45) is 5.16. The number of anilines is 6. The van der Waals surface area contributed by atoms with Gasteiger partial charge in [-0.2, -0.15) is 0 Å². The summed E-state index contributed by atoms with van der Waals surface area (Å²) in [6.45, 7) is 21.1. The molecule has 0 spiro atoms. The molecule has 0 fully saturated rings. The van der Waals surface area contributed by atoms with E-state index in [0.29, 0.717) is 0 Å². The van der Waals surface area contributed by atoms with Crippen molar-refractivity contribution in [3.63, 3.8) is 0 Å². The van der Waals surface area contributed by atoms with Gasteiger partial charge in [-0.3, -0.25) is 0 Å². The van der Waals surface area contributed by atoms with Gasteiger partial charge in [-0.1, -0.05) is 226 Å². The van der Waals surface area contributed by atoms with Crippen LogP contribution in [0.4, 0.5) is 34.1 Å². The molecule has 9 aromatic rings. The van der Waals surface area contributed by atoms with Gasteiger partial charge in [-0.25, -0.2) is 0 Å². The Kier molecular flexibility index (Phi) is 12.2. The summed E-state index contributed by atoms with van der Waals surface area (Å²) in [5.41, 5.74) is 23.2. The summed E-state index contributed by atoms with van der Waals surface area (Å²) in [5.74, 6) is -0.0425. The molecule has 3 nitrogen and oxygen atoms in total. The molecule has 0 aromatic heterocycles. The number of hydrogen-bond acceptors (Lipinski definition) is 3. The quantitative estimate of drug-likeness (QED) is 0.141. The minimum atomic E-state index is -0.147. The van der Waals surface area contributed by atoms with Gasteiger partial charge in [0.25, 0.3) is 0 Å². The second kappa shape index (κ2) is 18.9. The molecule has 0 saturated heterocycles. The summed E-state index contributed by atoms with van der Waals surface area (Å²) in [7, 11) is 0.